The van der Waals surface area contributed by atoms with Gasteiger partial charge in [0.1, 0.15) is 0 Å². The first-order chi connectivity index (χ1) is 9.70. The molecule has 0 spiro atoms. The van der Waals surface area contributed by atoms with E-state index in [1.807, 2.05) is 0 Å². The minimum atomic E-state index is -0.242. The largest absolute Gasteiger partial charge is 0.355 e. The van der Waals surface area contributed by atoms with Gasteiger partial charge in [-0.25, -0.2) is 4.79 Å². The van der Waals surface area contributed by atoms with Gasteiger partial charge < -0.3 is 16.0 Å². The molecule has 0 aliphatic heterocycles. The molecule has 0 radical (unpaired) electrons. The van der Waals surface area contributed by atoms with Crippen LogP contribution in [0.25, 0.3) is 0 Å². The van der Waals surface area contributed by atoms with Crippen LogP contribution in [0.15, 0.2) is 24.3 Å². The van der Waals surface area contributed by atoms with Crippen LogP contribution in [0, 0.1) is 0 Å². The number of benzene rings is 1. The summed E-state index contributed by atoms with van der Waals surface area (Å²) < 4.78 is 0. The summed E-state index contributed by atoms with van der Waals surface area (Å²) in [6, 6.07) is 6.99. The third-order valence-corrected chi connectivity index (χ3v) is 3.59. The highest BCUT2D eigenvalue weighted by Gasteiger charge is 2.17. The van der Waals surface area contributed by atoms with Gasteiger partial charge in [0.15, 0.2) is 0 Å². The molecule has 0 saturated heterocycles. The highest BCUT2D eigenvalue weighted by Crippen LogP contribution is 2.18. The zero-order chi connectivity index (χ0) is 14.4. The lowest BCUT2D eigenvalue weighted by molar-refractivity contribution is 0.0964. The monoisotopic (exact) mass is 275 g/mol. The van der Waals surface area contributed by atoms with E-state index >= 15 is 0 Å². The molecule has 3 amide bonds. The molecule has 2 rings (SSSR count). The molecule has 0 atom stereocenters. The van der Waals surface area contributed by atoms with Crippen molar-refractivity contribution in [1.29, 1.82) is 0 Å². The molecule has 108 valence electrons. The molecule has 1 aromatic carbocycles. The van der Waals surface area contributed by atoms with Crippen LogP contribution in [-0.4, -0.2) is 25.0 Å². The molecule has 1 saturated carbocycles. The number of hydrogen-bond acceptors (Lipinski definition) is 2. The Balaban J connectivity index is 1.98. The van der Waals surface area contributed by atoms with Crippen LogP contribution < -0.4 is 16.0 Å². The van der Waals surface area contributed by atoms with Gasteiger partial charge >= 0.3 is 6.03 Å². The van der Waals surface area contributed by atoms with E-state index in [4.69, 9.17) is 0 Å². The molecule has 0 heterocycles. The Morgan fingerprint density at radius 2 is 1.80 bits per heavy atom. The molecule has 0 bridgehead atoms. The van der Waals surface area contributed by atoms with Crippen molar-refractivity contribution in [3.8, 4) is 0 Å². The molecule has 1 fully saturated rings. The van der Waals surface area contributed by atoms with E-state index in [-0.39, 0.29) is 18.0 Å². The van der Waals surface area contributed by atoms with Crippen molar-refractivity contribution in [3.63, 3.8) is 0 Å². The van der Waals surface area contributed by atoms with E-state index in [9.17, 15) is 9.59 Å². The van der Waals surface area contributed by atoms with E-state index in [1.165, 1.54) is 19.3 Å². The number of anilines is 1. The second-order valence-corrected chi connectivity index (χ2v) is 5.06. The van der Waals surface area contributed by atoms with E-state index < -0.39 is 0 Å². The zero-order valence-corrected chi connectivity index (χ0v) is 11.7. The molecule has 5 nitrogen and oxygen atoms in total. The fraction of sp³-hybridized carbons (Fsp3) is 0.467. The first-order valence-electron chi connectivity index (χ1n) is 7.09. The molecule has 0 unspecified atom stereocenters. The maximum absolute atomic E-state index is 12.0. The third kappa shape index (κ3) is 3.73. The highest BCUT2D eigenvalue weighted by atomic mass is 16.2. The summed E-state index contributed by atoms with van der Waals surface area (Å²) in [6.07, 6.45) is 5.65. The molecule has 1 aromatic rings. The topological polar surface area (TPSA) is 70.2 Å². The van der Waals surface area contributed by atoms with Gasteiger partial charge in [-0.1, -0.05) is 31.4 Å². The van der Waals surface area contributed by atoms with Crippen LogP contribution >= 0.6 is 0 Å². The number of urea groups is 1. The molecule has 0 aromatic heterocycles. The van der Waals surface area contributed by atoms with Crippen molar-refractivity contribution >= 4 is 17.6 Å². The predicted octanol–water partition coefficient (Wildman–Crippen LogP) is 2.50. The van der Waals surface area contributed by atoms with Crippen molar-refractivity contribution in [1.82, 2.24) is 10.6 Å². The number of para-hydroxylation sites is 1. The van der Waals surface area contributed by atoms with Crippen molar-refractivity contribution in [3.05, 3.63) is 29.8 Å². The first-order valence-corrected chi connectivity index (χ1v) is 7.09. The van der Waals surface area contributed by atoms with Crippen LogP contribution in [0.4, 0.5) is 10.5 Å². The van der Waals surface area contributed by atoms with Crippen LogP contribution in [0.3, 0.4) is 0 Å². The number of hydrogen-bond donors (Lipinski definition) is 3. The lowest BCUT2D eigenvalue weighted by atomic mass is 9.96. The lowest BCUT2D eigenvalue weighted by Gasteiger charge is -2.23. The zero-order valence-electron chi connectivity index (χ0n) is 11.7. The fourth-order valence-electron chi connectivity index (χ4n) is 2.52. The number of carbonyl (C=O) groups is 2. The SMILES string of the molecule is CNC(=O)c1ccccc1NC(=O)NC1CCCCC1. The number of nitrogens with one attached hydrogen (secondary N) is 3. The van der Waals surface area contributed by atoms with Crippen molar-refractivity contribution in [2.24, 2.45) is 0 Å². The van der Waals surface area contributed by atoms with Gasteiger partial charge in [-0.3, -0.25) is 4.79 Å². The Morgan fingerprint density at radius 3 is 2.50 bits per heavy atom. The van der Waals surface area contributed by atoms with Gasteiger partial charge in [-0.2, -0.15) is 0 Å². The smallest absolute Gasteiger partial charge is 0.319 e. The summed E-state index contributed by atoms with van der Waals surface area (Å²) in [5, 5.41) is 8.30. The Morgan fingerprint density at radius 1 is 1.10 bits per heavy atom. The van der Waals surface area contributed by atoms with Crippen LogP contribution in [0.2, 0.25) is 0 Å². The van der Waals surface area contributed by atoms with Crippen LogP contribution in [0.1, 0.15) is 42.5 Å². The van der Waals surface area contributed by atoms with Crippen molar-refractivity contribution in [2.75, 3.05) is 12.4 Å². The summed E-state index contributed by atoms with van der Waals surface area (Å²) >= 11 is 0. The van der Waals surface area contributed by atoms with Crippen LogP contribution in [0.5, 0.6) is 0 Å². The molecule has 20 heavy (non-hydrogen) atoms. The quantitative estimate of drug-likeness (QED) is 0.793. The van der Waals surface area contributed by atoms with Gasteiger partial charge in [0, 0.05) is 13.1 Å². The highest BCUT2D eigenvalue weighted by molar-refractivity contribution is 6.03. The summed E-state index contributed by atoms with van der Waals surface area (Å²) in [6.45, 7) is 0. The molecule has 5 heteroatoms. The Hall–Kier alpha value is -2.04. The number of rotatable bonds is 3. The van der Waals surface area contributed by atoms with Gasteiger partial charge in [0.2, 0.25) is 0 Å². The lowest BCUT2D eigenvalue weighted by Crippen LogP contribution is -2.39. The molecule has 3 N–H and O–H groups in total. The van der Waals surface area contributed by atoms with E-state index in [0.29, 0.717) is 11.3 Å². The van der Waals surface area contributed by atoms with E-state index in [0.717, 1.165) is 12.8 Å². The minimum absolute atomic E-state index is 0.210. The summed E-state index contributed by atoms with van der Waals surface area (Å²) in [5.74, 6) is -0.210. The van der Waals surface area contributed by atoms with Crippen LogP contribution in [-0.2, 0) is 0 Å². The standard InChI is InChI=1S/C15H21N3O2/c1-16-14(19)12-9-5-6-10-13(12)18-15(20)17-11-7-3-2-4-8-11/h5-6,9-11H,2-4,7-8H2,1H3,(H,16,19)(H2,17,18,20). The normalized spacial score (nSPS) is 15.4. The van der Waals surface area contributed by atoms with Gasteiger partial charge in [0.05, 0.1) is 11.3 Å². The number of amides is 3. The van der Waals surface area contributed by atoms with Crippen molar-refractivity contribution in [2.45, 2.75) is 38.1 Å². The maximum atomic E-state index is 12.0. The second-order valence-electron chi connectivity index (χ2n) is 5.06. The Kier molecular flexibility index (Phi) is 4.98. The van der Waals surface area contributed by atoms with E-state index in [2.05, 4.69) is 16.0 Å². The average Bonchev–Trinajstić information content (AvgIpc) is 2.48. The van der Waals surface area contributed by atoms with E-state index in [1.54, 1.807) is 31.3 Å². The van der Waals surface area contributed by atoms with Gasteiger partial charge in [0.25, 0.3) is 5.91 Å². The second kappa shape index (κ2) is 6.93. The molecule has 1 aliphatic carbocycles. The third-order valence-electron chi connectivity index (χ3n) is 3.59. The molecular weight excluding hydrogens is 254 g/mol. The summed E-state index contributed by atoms with van der Waals surface area (Å²) in [4.78, 5) is 23.7. The van der Waals surface area contributed by atoms with Gasteiger partial charge in [-0.05, 0) is 25.0 Å². The fourth-order valence-corrected chi connectivity index (χ4v) is 2.52. The van der Waals surface area contributed by atoms with Gasteiger partial charge in [-0.15, -0.1) is 0 Å². The first kappa shape index (κ1) is 14.4. The maximum Gasteiger partial charge on any atom is 0.319 e. The summed E-state index contributed by atoms with van der Waals surface area (Å²) in [5.41, 5.74) is 0.994. The molecular formula is C15H21N3O2. The average molecular weight is 275 g/mol. The minimum Gasteiger partial charge on any atom is -0.355 e. The summed E-state index contributed by atoms with van der Waals surface area (Å²) in [7, 11) is 1.57. The Labute approximate surface area is 119 Å². The number of carbonyl (C=O) groups excluding carboxylic acids is 2. The van der Waals surface area contributed by atoms with Crippen molar-refractivity contribution < 1.29 is 9.59 Å². The predicted molar refractivity (Wildman–Crippen MR) is 78.9 cm³/mol. The Bertz CT molecular complexity index is 482. The molecule has 1 aliphatic rings.